The van der Waals surface area contributed by atoms with E-state index in [-0.39, 0.29) is 40.5 Å². The molecule has 0 spiro atoms. The van der Waals surface area contributed by atoms with Gasteiger partial charge >= 0.3 is 0 Å². The lowest BCUT2D eigenvalue weighted by atomic mass is 10.0. The minimum Gasteiger partial charge on any atom is -0.384 e. The van der Waals surface area contributed by atoms with Crippen LogP contribution in [0.3, 0.4) is 0 Å². The molecule has 38 heavy (non-hydrogen) atoms. The summed E-state index contributed by atoms with van der Waals surface area (Å²) < 4.78 is 17.6. The molecule has 0 radical (unpaired) electrons. The maximum Gasteiger partial charge on any atom is 0.252 e. The molecule has 1 fully saturated rings. The highest BCUT2D eigenvalue weighted by Crippen LogP contribution is 2.60. The largest absolute Gasteiger partial charge is 0.384 e. The van der Waals surface area contributed by atoms with Crippen LogP contribution in [-0.2, 0) is 0 Å². The first-order chi connectivity index (χ1) is 18.4. The Morgan fingerprint density at radius 2 is 2.05 bits per heavy atom. The number of nitrogens with one attached hydrogen (secondary N) is 1. The number of hydrogen-bond acceptors (Lipinski definition) is 7. The molecule has 10 nitrogen and oxygen atoms in total. The van der Waals surface area contributed by atoms with Crippen LogP contribution >= 0.6 is 11.6 Å². The van der Waals surface area contributed by atoms with E-state index in [0.29, 0.717) is 33.4 Å². The number of halogens is 2. The summed E-state index contributed by atoms with van der Waals surface area (Å²) in [5.41, 5.74) is 9.22. The van der Waals surface area contributed by atoms with Gasteiger partial charge in [0, 0.05) is 28.3 Å². The van der Waals surface area contributed by atoms with Gasteiger partial charge in [-0.3, -0.25) is 4.79 Å². The topological polar surface area (TPSA) is 144 Å². The molecule has 1 aliphatic heterocycles. The SMILES string of the molecule is N#Cc1cn(-c2ccc(Cl)cc2-c2cc3n(c(=O)c2)C(c2ncc(-c4ccc(N)nc4F)[nH]2)C2CC32)nn1. The summed E-state index contributed by atoms with van der Waals surface area (Å²) >= 11 is 6.32. The summed E-state index contributed by atoms with van der Waals surface area (Å²) in [6.45, 7) is 0. The van der Waals surface area contributed by atoms with Gasteiger partial charge in [-0.15, -0.1) is 5.10 Å². The lowest BCUT2D eigenvalue weighted by Gasteiger charge is -2.18. The molecule has 4 aromatic heterocycles. The highest BCUT2D eigenvalue weighted by molar-refractivity contribution is 6.31. The molecule has 5 aromatic rings. The predicted molar refractivity (Wildman–Crippen MR) is 136 cm³/mol. The molecule has 5 heterocycles. The second-order valence-electron chi connectivity index (χ2n) is 9.41. The molecule has 186 valence electrons. The van der Waals surface area contributed by atoms with Crippen molar-refractivity contribution in [3.8, 4) is 34.1 Å². The lowest BCUT2D eigenvalue weighted by molar-refractivity contribution is 0.514. The number of aromatic amines is 1. The Hall–Kier alpha value is -4.82. The number of rotatable bonds is 4. The van der Waals surface area contributed by atoms with Crippen LogP contribution in [0.15, 0.2) is 59.7 Å². The molecular weight excluding hydrogens is 509 g/mol. The molecule has 3 atom stereocenters. The van der Waals surface area contributed by atoms with Crippen molar-refractivity contribution in [3.05, 3.63) is 93.4 Å². The first kappa shape index (κ1) is 22.4. The fraction of sp³-hybridized carbons (Fsp3) is 0.154. The second kappa shape index (κ2) is 8.09. The number of nitrogen functional groups attached to an aromatic ring is 1. The van der Waals surface area contributed by atoms with Crippen molar-refractivity contribution in [1.82, 2.24) is 34.5 Å². The van der Waals surface area contributed by atoms with Crippen LogP contribution in [0.1, 0.15) is 35.6 Å². The Morgan fingerprint density at radius 3 is 2.84 bits per heavy atom. The van der Waals surface area contributed by atoms with Gasteiger partial charge in [0.05, 0.1) is 35.4 Å². The van der Waals surface area contributed by atoms with Gasteiger partial charge in [-0.2, -0.15) is 9.65 Å². The molecule has 0 amide bonds. The van der Waals surface area contributed by atoms with Crippen molar-refractivity contribution in [2.24, 2.45) is 5.92 Å². The number of anilines is 1. The molecule has 1 aromatic carbocycles. The third-order valence-electron chi connectivity index (χ3n) is 7.16. The Bertz CT molecular complexity index is 1870. The Labute approximate surface area is 219 Å². The van der Waals surface area contributed by atoms with E-state index in [1.807, 2.05) is 12.1 Å². The normalized spacial score (nSPS) is 19.1. The van der Waals surface area contributed by atoms with E-state index < -0.39 is 5.95 Å². The standard InChI is InChI=1S/C26H17ClFN9O/c27-13-1-3-20(36-11-14(9-29)34-35-36)16(7-13)12-5-21-17-8-18(17)24(37(21)23(38)6-12)26-31-10-19(32-26)15-2-4-22(30)33-25(15)28/h1-7,10-11,17-18,24H,8H2,(H2,30,33)(H,31,32). The minimum atomic E-state index is -0.690. The van der Waals surface area contributed by atoms with Crippen molar-refractivity contribution in [2.45, 2.75) is 18.4 Å². The predicted octanol–water partition coefficient (Wildman–Crippen LogP) is 3.83. The number of nitriles is 1. The third kappa shape index (κ3) is 3.42. The number of aromatic nitrogens is 7. The van der Waals surface area contributed by atoms with E-state index >= 15 is 0 Å². The number of fused-ring (bicyclic) bond motifs is 3. The molecule has 0 saturated heterocycles. The molecule has 1 aliphatic carbocycles. The number of nitrogens with two attached hydrogens (primary N) is 1. The number of hydrogen-bond donors (Lipinski definition) is 2. The van der Waals surface area contributed by atoms with Gasteiger partial charge in [0.25, 0.3) is 5.56 Å². The highest BCUT2D eigenvalue weighted by atomic mass is 35.5. The van der Waals surface area contributed by atoms with Crippen molar-refractivity contribution < 1.29 is 4.39 Å². The molecule has 12 heteroatoms. The summed E-state index contributed by atoms with van der Waals surface area (Å²) in [7, 11) is 0. The monoisotopic (exact) mass is 525 g/mol. The zero-order valence-corrected chi connectivity index (χ0v) is 20.3. The van der Waals surface area contributed by atoms with Crippen molar-refractivity contribution in [2.75, 3.05) is 5.73 Å². The Morgan fingerprint density at radius 1 is 1.18 bits per heavy atom. The smallest absolute Gasteiger partial charge is 0.252 e. The van der Waals surface area contributed by atoms with Gasteiger partial charge in [-0.25, -0.2) is 14.6 Å². The van der Waals surface area contributed by atoms with Crippen LogP contribution in [0, 0.1) is 23.2 Å². The van der Waals surface area contributed by atoms with Crippen LogP contribution < -0.4 is 11.3 Å². The van der Waals surface area contributed by atoms with Gasteiger partial charge in [0.15, 0.2) is 5.69 Å². The maximum absolute atomic E-state index is 14.4. The van der Waals surface area contributed by atoms with E-state index in [1.54, 1.807) is 41.1 Å². The zero-order valence-electron chi connectivity index (χ0n) is 19.5. The van der Waals surface area contributed by atoms with E-state index in [2.05, 4.69) is 25.3 Å². The Kier molecular flexibility index (Phi) is 4.77. The van der Waals surface area contributed by atoms with Crippen LogP contribution in [0.25, 0.3) is 28.1 Å². The molecule has 2 aliphatic rings. The second-order valence-corrected chi connectivity index (χ2v) is 9.84. The number of H-pyrrole nitrogens is 1. The number of nitrogens with zero attached hydrogens (tertiary/aromatic N) is 7. The number of imidazole rings is 1. The zero-order chi connectivity index (χ0) is 26.1. The summed E-state index contributed by atoms with van der Waals surface area (Å²) in [5, 5.41) is 17.5. The summed E-state index contributed by atoms with van der Waals surface area (Å²) in [6, 6.07) is 13.6. The summed E-state index contributed by atoms with van der Waals surface area (Å²) in [4.78, 5) is 24.9. The quantitative estimate of drug-likeness (QED) is 0.339. The molecule has 1 saturated carbocycles. The van der Waals surface area contributed by atoms with Crippen molar-refractivity contribution in [3.63, 3.8) is 0 Å². The van der Waals surface area contributed by atoms with E-state index in [9.17, 15) is 9.18 Å². The number of pyridine rings is 2. The van der Waals surface area contributed by atoms with Gasteiger partial charge in [-0.1, -0.05) is 16.8 Å². The highest BCUT2D eigenvalue weighted by Gasteiger charge is 2.54. The lowest BCUT2D eigenvalue weighted by Crippen LogP contribution is -2.26. The first-order valence-electron chi connectivity index (χ1n) is 11.8. The van der Waals surface area contributed by atoms with E-state index in [0.717, 1.165) is 12.1 Å². The fourth-order valence-electron chi connectivity index (χ4n) is 5.40. The minimum absolute atomic E-state index is 0.0936. The molecule has 7 rings (SSSR count). The molecule has 3 unspecified atom stereocenters. The van der Waals surface area contributed by atoms with Crippen LogP contribution in [-0.4, -0.2) is 34.5 Å². The summed E-state index contributed by atoms with van der Waals surface area (Å²) in [5.74, 6) is 0.405. The molecular formula is C26H17ClFN9O. The van der Waals surface area contributed by atoms with E-state index in [1.165, 1.54) is 16.9 Å². The van der Waals surface area contributed by atoms with Crippen LogP contribution in [0.5, 0.6) is 0 Å². The van der Waals surface area contributed by atoms with Gasteiger partial charge in [0.2, 0.25) is 5.95 Å². The van der Waals surface area contributed by atoms with Gasteiger partial charge in [-0.05, 0) is 54.3 Å². The van der Waals surface area contributed by atoms with Crippen LogP contribution in [0.4, 0.5) is 10.2 Å². The number of benzene rings is 1. The van der Waals surface area contributed by atoms with Crippen LogP contribution in [0.2, 0.25) is 5.02 Å². The van der Waals surface area contributed by atoms with Gasteiger partial charge in [0.1, 0.15) is 17.7 Å². The fourth-order valence-corrected chi connectivity index (χ4v) is 5.58. The molecule has 3 N–H and O–H groups in total. The van der Waals surface area contributed by atoms with Crippen molar-refractivity contribution >= 4 is 17.4 Å². The Balaban J connectivity index is 1.30. The van der Waals surface area contributed by atoms with Gasteiger partial charge < -0.3 is 15.3 Å². The molecule has 0 bridgehead atoms. The maximum atomic E-state index is 14.4. The average molecular weight is 526 g/mol. The third-order valence-corrected chi connectivity index (χ3v) is 7.40. The average Bonchev–Trinajstić information content (AvgIpc) is 3.21. The van der Waals surface area contributed by atoms with Crippen molar-refractivity contribution in [1.29, 1.82) is 5.26 Å². The summed E-state index contributed by atoms with van der Waals surface area (Å²) in [6.07, 6.45) is 3.98. The first-order valence-corrected chi connectivity index (χ1v) is 12.2. The van der Waals surface area contributed by atoms with E-state index in [4.69, 9.17) is 22.6 Å².